The summed E-state index contributed by atoms with van der Waals surface area (Å²) in [6.07, 6.45) is 2.66. The number of rotatable bonds is 1. The van der Waals surface area contributed by atoms with Gasteiger partial charge in [0.05, 0.1) is 41.8 Å². The largest absolute Gasteiger partial charge is 0.376 e. The van der Waals surface area contributed by atoms with Gasteiger partial charge in [0, 0.05) is 18.1 Å². The van der Waals surface area contributed by atoms with Gasteiger partial charge in [0.1, 0.15) is 0 Å². The molecule has 0 radical (unpaired) electrons. The SMILES string of the molecule is Cc1cc(-c2nc3c4c(ncc3[nH]2)CCOC4)on1. The Morgan fingerprint density at radius 1 is 1.37 bits per heavy atom. The summed E-state index contributed by atoms with van der Waals surface area (Å²) in [5.41, 5.74) is 4.79. The Morgan fingerprint density at radius 2 is 2.32 bits per heavy atom. The van der Waals surface area contributed by atoms with Gasteiger partial charge in [-0.3, -0.25) is 4.98 Å². The maximum atomic E-state index is 5.49. The standard InChI is InChI=1S/C13H12N4O2/c1-7-4-11(19-17-7)13-15-10-5-14-9-2-3-18-6-8(9)12(10)16-13/h4-5H,2-3,6H2,1H3,(H,15,16). The second kappa shape index (κ2) is 3.89. The number of ether oxygens (including phenoxy) is 1. The van der Waals surface area contributed by atoms with E-state index in [2.05, 4.69) is 20.1 Å². The van der Waals surface area contributed by atoms with Crippen LogP contribution in [-0.2, 0) is 17.8 Å². The summed E-state index contributed by atoms with van der Waals surface area (Å²) in [4.78, 5) is 12.3. The van der Waals surface area contributed by atoms with Crippen LogP contribution < -0.4 is 0 Å². The second-order valence-electron chi connectivity index (χ2n) is 4.67. The lowest BCUT2D eigenvalue weighted by atomic mass is 10.1. The van der Waals surface area contributed by atoms with Crippen LogP contribution in [0.5, 0.6) is 0 Å². The number of pyridine rings is 1. The third kappa shape index (κ3) is 1.64. The van der Waals surface area contributed by atoms with Gasteiger partial charge < -0.3 is 14.2 Å². The summed E-state index contributed by atoms with van der Waals surface area (Å²) < 4.78 is 10.7. The normalized spacial score (nSPS) is 14.8. The number of hydrogen-bond donors (Lipinski definition) is 1. The van der Waals surface area contributed by atoms with E-state index in [-0.39, 0.29) is 0 Å². The number of fused-ring (bicyclic) bond motifs is 3. The number of hydrogen-bond acceptors (Lipinski definition) is 5. The molecule has 3 aromatic heterocycles. The number of aromatic amines is 1. The van der Waals surface area contributed by atoms with E-state index in [1.807, 2.05) is 19.2 Å². The zero-order valence-corrected chi connectivity index (χ0v) is 10.4. The molecule has 1 N–H and O–H groups in total. The monoisotopic (exact) mass is 256 g/mol. The quantitative estimate of drug-likeness (QED) is 0.720. The Kier molecular flexibility index (Phi) is 2.19. The molecule has 4 rings (SSSR count). The van der Waals surface area contributed by atoms with E-state index in [0.717, 1.165) is 41.0 Å². The highest BCUT2D eigenvalue weighted by molar-refractivity contribution is 5.81. The van der Waals surface area contributed by atoms with Crippen molar-refractivity contribution >= 4 is 11.0 Å². The van der Waals surface area contributed by atoms with E-state index in [4.69, 9.17) is 9.26 Å². The van der Waals surface area contributed by atoms with Crippen LogP contribution in [0.1, 0.15) is 17.0 Å². The molecule has 0 aromatic carbocycles. The molecule has 0 aliphatic carbocycles. The van der Waals surface area contributed by atoms with Gasteiger partial charge >= 0.3 is 0 Å². The molecule has 0 fully saturated rings. The van der Waals surface area contributed by atoms with Crippen molar-refractivity contribution in [2.24, 2.45) is 0 Å². The minimum atomic E-state index is 0.569. The Bertz CT molecular complexity index is 759. The van der Waals surface area contributed by atoms with E-state index in [9.17, 15) is 0 Å². The average Bonchev–Trinajstić information content (AvgIpc) is 3.04. The lowest BCUT2D eigenvalue weighted by Crippen LogP contribution is -2.11. The fourth-order valence-corrected chi connectivity index (χ4v) is 2.37. The molecule has 0 saturated heterocycles. The molecule has 1 aliphatic rings. The van der Waals surface area contributed by atoms with Crippen molar-refractivity contribution in [3.8, 4) is 11.6 Å². The Labute approximate surface area is 108 Å². The smallest absolute Gasteiger partial charge is 0.202 e. The first-order valence-corrected chi connectivity index (χ1v) is 6.19. The molecule has 4 heterocycles. The summed E-state index contributed by atoms with van der Waals surface area (Å²) in [6.45, 7) is 3.18. The fourth-order valence-electron chi connectivity index (χ4n) is 2.37. The van der Waals surface area contributed by atoms with Crippen LogP contribution in [0.4, 0.5) is 0 Å². The highest BCUT2D eigenvalue weighted by Crippen LogP contribution is 2.26. The van der Waals surface area contributed by atoms with Crippen molar-refractivity contribution in [1.29, 1.82) is 0 Å². The topological polar surface area (TPSA) is 76.8 Å². The first-order chi connectivity index (χ1) is 9.31. The highest BCUT2D eigenvalue weighted by Gasteiger charge is 2.18. The Hall–Kier alpha value is -2.21. The number of H-pyrrole nitrogens is 1. The lowest BCUT2D eigenvalue weighted by Gasteiger charge is -2.14. The van der Waals surface area contributed by atoms with Crippen molar-refractivity contribution in [2.45, 2.75) is 20.0 Å². The first kappa shape index (κ1) is 10.7. The summed E-state index contributed by atoms with van der Waals surface area (Å²) in [5, 5.41) is 3.88. The average molecular weight is 256 g/mol. The number of aryl methyl sites for hydroxylation is 1. The number of aromatic nitrogens is 4. The van der Waals surface area contributed by atoms with Crippen molar-refractivity contribution in [2.75, 3.05) is 6.61 Å². The van der Waals surface area contributed by atoms with Gasteiger partial charge in [-0.25, -0.2) is 4.98 Å². The fraction of sp³-hybridized carbons (Fsp3) is 0.308. The molecule has 0 saturated carbocycles. The van der Waals surface area contributed by atoms with E-state index < -0.39 is 0 Å². The lowest BCUT2D eigenvalue weighted by molar-refractivity contribution is 0.110. The molecule has 1 aliphatic heterocycles. The summed E-state index contributed by atoms with van der Waals surface area (Å²) >= 11 is 0. The maximum Gasteiger partial charge on any atom is 0.202 e. The summed E-state index contributed by atoms with van der Waals surface area (Å²) in [6, 6.07) is 1.86. The van der Waals surface area contributed by atoms with Crippen LogP contribution in [0.3, 0.4) is 0 Å². The molecule has 0 atom stereocenters. The minimum absolute atomic E-state index is 0.569. The van der Waals surface area contributed by atoms with Crippen LogP contribution in [0, 0.1) is 6.92 Å². The maximum absolute atomic E-state index is 5.49. The van der Waals surface area contributed by atoms with Crippen molar-refractivity contribution in [3.63, 3.8) is 0 Å². The van der Waals surface area contributed by atoms with Gasteiger partial charge in [-0.1, -0.05) is 5.16 Å². The highest BCUT2D eigenvalue weighted by atomic mass is 16.5. The first-order valence-electron chi connectivity index (χ1n) is 6.19. The minimum Gasteiger partial charge on any atom is -0.376 e. The van der Waals surface area contributed by atoms with Gasteiger partial charge in [-0.05, 0) is 6.92 Å². The van der Waals surface area contributed by atoms with Gasteiger partial charge in [0.15, 0.2) is 5.82 Å². The number of imidazole rings is 1. The van der Waals surface area contributed by atoms with Gasteiger partial charge in [-0.15, -0.1) is 0 Å². The number of nitrogens with zero attached hydrogens (tertiary/aromatic N) is 3. The molecule has 6 nitrogen and oxygen atoms in total. The molecule has 96 valence electrons. The molecule has 19 heavy (non-hydrogen) atoms. The third-order valence-electron chi connectivity index (χ3n) is 3.31. The molecule has 3 aromatic rings. The summed E-state index contributed by atoms with van der Waals surface area (Å²) in [5.74, 6) is 1.32. The predicted octanol–water partition coefficient (Wildman–Crippen LogP) is 1.99. The molecule has 6 heteroatoms. The van der Waals surface area contributed by atoms with E-state index in [0.29, 0.717) is 18.2 Å². The number of nitrogens with one attached hydrogen (secondary N) is 1. The van der Waals surface area contributed by atoms with Gasteiger partial charge in [0.25, 0.3) is 0 Å². The van der Waals surface area contributed by atoms with Crippen LogP contribution >= 0.6 is 0 Å². The second-order valence-corrected chi connectivity index (χ2v) is 4.67. The van der Waals surface area contributed by atoms with E-state index >= 15 is 0 Å². The van der Waals surface area contributed by atoms with Crippen molar-refractivity contribution in [3.05, 3.63) is 29.2 Å². The molecule has 0 amide bonds. The molecular weight excluding hydrogens is 244 g/mol. The summed E-state index contributed by atoms with van der Waals surface area (Å²) in [7, 11) is 0. The van der Waals surface area contributed by atoms with E-state index in [1.54, 1.807) is 0 Å². The zero-order chi connectivity index (χ0) is 12.8. The van der Waals surface area contributed by atoms with E-state index in [1.165, 1.54) is 0 Å². The van der Waals surface area contributed by atoms with Crippen molar-refractivity contribution < 1.29 is 9.26 Å². The van der Waals surface area contributed by atoms with Crippen LogP contribution in [-0.4, -0.2) is 26.7 Å². The van der Waals surface area contributed by atoms with Crippen LogP contribution in [0.15, 0.2) is 16.8 Å². The zero-order valence-electron chi connectivity index (χ0n) is 10.4. The van der Waals surface area contributed by atoms with Gasteiger partial charge in [-0.2, -0.15) is 0 Å². The molecule has 0 bridgehead atoms. The predicted molar refractivity (Wildman–Crippen MR) is 67.5 cm³/mol. The Morgan fingerprint density at radius 3 is 3.16 bits per heavy atom. The third-order valence-corrected chi connectivity index (χ3v) is 3.31. The molecule has 0 unspecified atom stereocenters. The van der Waals surface area contributed by atoms with Crippen LogP contribution in [0.2, 0.25) is 0 Å². The molecular formula is C13H12N4O2. The molecule has 0 spiro atoms. The van der Waals surface area contributed by atoms with Crippen LogP contribution in [0.25, 0.3) is 22.6 Å². The van der Waals surface area contributed by atoms with Gasteiger partial charge in [0.2, 0.25) is 5.76 Å². The Balaban J connectivity index is 1.91. The van der Waals surface area contributed by atoms with Crippen molar-refractivity contribution in [1.82, 2.24) is 20.1 Å².